The van der Waals surface area contributed by atoms with Crippen LogP contribution in [0, 0.1) is 5.92 Å². The Balaban J connectivity index is 1.90. The standard InChI is InChI=1S/C17H25ClN2O3S/c1-3-13(2)19-17(21)12-14-8-10-20(11-9-14)24(22,23)16-6-4-15(18)5-7-16/h4-7,13-14H,3,8-12H2,1-2H3,(H,19,21). The first-order chi connectivity index (χ1) is 11.3. The van der Waals surface area contributed by atoms with Gasteiger partial charge < -0.3 is 5.32 Å². The highest BCUT2D eigenvalue weighted by Crippen LogP contribution is 2.26. The molecule has 5 nitrogen and oxygen atoms in total. The number of nitrogens with zero attached hydrogens (tertiary/aromatic N) is 1. The molecule has 24 heavy (non-hydrogen) atoms. The number of piperidine rings is 1. The van der Waals surface area contributed by atoms with E-state index < -0.39 is 10.0 Å². The van der Waals surface area contributed by atoms with E-state index in [1.807, 2.05) is 13.8 Å². The van der Waals surface area contributed by atoms with Crippen molar-refractivity contribution in [1.29, 1.82) is 0 Å². The Morgan fingerprint density at radius 2 is 1.88 bits per heavy atom. The van der Waals surface area contributed by atoms with Gasteiger partial charge in [-0.25, -0.2) is 8.42 Å². The molecular formula is C17H25ClN2O3S. The van der Waals surface area contributed by atoms with Crippen molar-refractivity contribution < 1.29 is 13.2 Å². The largest absolute Gasteiger partial charge is 0.354 e. The summed E-state index contributed by atoms with van der Waals surface area (Å²) in [5.74, 6) is 0.300. The summed E-state index contributed by atoms with van der Waals surface area (Å²) in [5.41, 5.74) is 0. The number of hydrogen-bond donors (Lipinski definition) is 1. The van der Waals surface area contributed by atoms with Gasteiger partial charge in [0, 0.05) is 30.6 Å². The molecule has 0 spiro atoms. The zero-order valence-corrected chi connectivity index (χ0v) is 15.7. The number of hydrogen-bond acceptors (Lipinski definition) is 3. The number of sulfonamides is 1. The first-order valence-electron chi connectivity index (χ1n) is 8.38. The predicted molar refractivity (Wildman–Crippen MR) is 95.4 cm³/mol. The smallest absolute Gasteiger partial charge is 0.243 e. The second-order valence-corrected chi connectivity index (χ2v) is 8.76. The molecule has 1 N–H and O–H groups in total. The number of carbonyl (C=O) groups is 1. The maximum absolute atomic E-state index is 12.6. The van der Waals surface area contributed by atoms with Crippen LogP contribution < -0.4 is 5.32 Å². The fourth-order valence-corrected chi connectivity index (χ4v) is 4.40. The summed E-state index contributed by atoms with van der Waals surface area (Å²) in [7, 11) is -3.48. The third-order valence-electron chi connectivity index (χ3n) is 4.52. The molecule has 0 radical (unpaired) electrons. The first kappa shape index (κ1) is 19.2. The molecule has 0 saturated carbocycles. The van der Waals surface area contributed by atoms with Crippen LogP contribution in [-0.4, -0.2) is 37.8 Å². The molecular weight excluding hydrogens is 348 g/mol. The molecule has 1 amide bonds. The van der Waals surface area contributed by atoms with Gasteiger partial charge in [-0.2, -0.15) is 4.31 Å². The van der Waals surface area contributed by atoms with Crippen LogP contribution >= 0.6 is 11.6 Å². The lowest BCUT2D eigenvalue weighted by atomic mass is 9.94. The number of carbonyl (C=O) groups excluding carboxylic acids is 1. The summed E-state index contributed by atoms with van der Waals surface area (Å²) in [6, 6.07) is 6.41. The van der Waals surface area contributed by atoms with E-state index in [1.54, 1.807) is 12.1 Å². The average molecular weight is 373 g/mol. The Morgan fingerprint density at radius 1 is 1.29 bits per heavy atom. The van der Waals surface area contributed by atoms with Crippen LogP contribution in [0.4, 0.5) is 0 Å². The summed E-state index contributed by atoms with van der Waals surface area (Å²) in [5, 5.41) is 3.48. The van der Waals surface area contributed by atoms with E-state index in [1.165, 1.54) is 16.4 Å². The molecule has 1 atom stereocenters. The van der Waals surface area contributed by atoms with Crippen molar-refractivity contribution in [2.75, 3.05) is 13.1 Å². The van der Waals surface area contributed by atoms with Gasteiger partial charge in [-0.3, -0.25) is 4.79 Å². The lowest BCUT2D eigenvalue weighted by molar-refractivity contribution is -0.122. The van der Waals surface area contributed by atoms with Crippen molar-refractivity contribution >= 4 is 27.5 Å². The molecule has 1 heterocycles. The second kappa shape index (κ2) is 8.32. The zero-order valence-electron chi connectivity index (χ0n) is 14.2. The van der Waals surface area contributed by atoms with Crippen LogP contribution in [0.2, 0.25) is 5.02 Å². The topological polar surface area (TPSA) is 66.5 Å². The molecule has 1 fully saturated rings. The van der Waals surface area contributed by atoms with Crippen molar-refractivity contribution in [2.24, 2.45) is 5.92 Å². The third-order valence-corrected chi connectivity index (χ3v) is 6.68. The summed E-state index contributed by atoms with van der Waals surface area (Å²) in [6.07, 6.45) is 2.80. The van der Waals surface area contributed by atoms with Crippen molar-refractivity contribution in [1.82, 2.24) is 9.62 Å². The van der Waals surface area contributed by atoms with Gasteiger partial charge in [-0.1, -0.05) is 18.5 Å². The zero-order chi connectivity index (χ0) is 17.7. The summed E-state index contributed by atoms with van der Waals surface area (Å²) < 4.78 is 26.7. The van der Waals surface area contributed by atoms with Crippen LogP contribution in [-0.2, 0) is 14.8 Å². The third kappa shape index (κ3) is 4.94. The van der Waals surface area contributed by atoms with Crippen LogP contribution in [0.15, 0.2) is 29.2 Å². The lowest BCUT2D eigenvalue weighted by Gasteiger charge is -2.31. The Bertz CT molecular complexity index is 653. The minimum absolute atomic E-state index is 0.0587. The fourth-order valence-electron chi connectivity index (χ4n) is 2.81. The molecule has 1 unspecified atom stereocenters. The molecule has 1 aromatic carbocycles. The van der Waals surface area contributed by atoms with E-state index in [2.05, 4.69) is 5.32 Å². The predicted octanol–water partition coefficient (Wildman–Crippen LogP) is 3.05. The molecule has 7 heteroatoms. The normalized spacial score (nSPS) is 18.3. The molecule has 2 rings (SSSR count). The van der Waals surface area contributed by atoms with Crippen LogP contribution in [0.5, 0.6) is 0 Å². The number of benzene rings is 1. The number of rotatable bonds is 6. The summed E-state index contributed by atoms with van der Waals surface area (Å²) in [4.78, 5) is 12.2. The van der Waals surface area contributed by atoms with E-state index in [-0.39, 0.29) is 22.8 Å². The van der Waals surface area contributed by atoms with Gasteiger partial charge in [0.25, 0.3) is 0 Å². The van der Waals surface area contributed by atoms with Crippen LogP contribution in [0.25, 0.3) is 0 Å². The number of amides is 1. The van der Waals surface area contributed by atoms with Crippen LogP contribution in [0.1, 0.15) is 39.5 Å². The highest BCUT2D eigenvalue weighted by molar-refractivity contribution is 7.89. The summed E-state index contributed by atoms with van der Waals surface area (Å²) in [6.45, 7) is 4.92. The van der Waals surface area contributed by atoms with E-state index >= 15 is 0 Å². The van der Waals surface area contributed by atoms with Gasteiger partial charge in [0.2, 0.25) is 15.9 Å². The molecule has 0 aliphatic carbocycles. The van der Waals surface area contributed by atoms with Crippen molar-refractivity contribution in [3.63, 3.8) is 0 Å². The van der Waals surface area contributed by atoms with Gasteiger partial charge in [0.05, 0.1) is 4.90 Å². The SMILES string of the molecule is CCC(C)NC(=O)CC1CCN(S(=O)(=O)c2ccc(Cl)cc2)CC1. The van der Waals surface area contributed by atoms with Gasteiger partial charge in [0.15, 0.2) is 0 Å². The molecule has 0 aromatic heterocycles. The Kier molecular flexibility index (Phi) is 6.66. The Hall–Kier alpha value is -1.11. The Morgan fingerprint density at radius 3 is 2.42 bits per heavy atom. The van der Waals surface area contributed by atoms with Gasteiger partial charge >= 0.3 is 0 Å². The quantitative estimate of drug-likeness (QED) is 0.834. The first-order valence-corrected chi connectivity index (χ1v) is 10.2. The van der Waals surface area contributed by atoms with Gasteiger partial charge in [-0.05, 0) is 56.4 Å². The summed E-state index contributed by atoms with van der Waals surface area (Å²) >= 11 is 5.82. The minimum Gasteiger partial charge on any atom is -0.354 e. The van der Waals surface area contributed by atoms with Gasteiger partial charge in [-0.15, -0.1) is 0 Å². The monoisotopic (exact) mass is 372 g/mol. The van der Waals surface area contributed by atoms with Crippen molar-refractivity contribution in [3.8, 4) is 0 Å². The second-order valence-electron chi connectivity index (χ2n) is 6.38. The van der Waals surface area contributed by atoms with E-state index in [0.717, 1.165) is 6.42 Å². The van der Waals surface area contributed by atoms with Crippen molar-refractivity contribution in [3.05, 3.63) is 29.3 Å². The number of halogens is 1. The molecule has 1 aliphatic heterocycles. The molecule has 1 saturated heterocycles. The van der Waals surface area contributed by atoms with E-state index in [4.69, 9.17) is 11.6 Å². The molecule has 0 bridgehead atoms. The maximum atomic E-state index is 12.6. The minimum atomic E-state index is -3.48. The maximum Gasteiger partial charge on any atom is 0.243 e. The molecule has 134 valence electrons. The Labute approximate surface area is 149 Å². The highest BCUT2D eigenvalue weighted by Gasteiger charge is 2.30. The van der Waals surface area contributed by atoms with Crippen molar-refractivity contribution in [2.45, 2.75) is 50.5 Å². The fraction of sp³-hybridized carbons (Fsp3) is 0.588. The molecule has 1 aromatic rings. The molecule has 1 aliphatic rings. The van der Waals surface area contributed by atoms with E-state index in [0.29, 0.717) is 37.4 Å². The average Bonchev–Trinajstić information content (AvgIpc) is 2.55. The lowest BCUT2D eigenvalue weighted by Crippen LogP contribution is -2.40. The highest BCUT2D eigenvalue weighted by atomic mass is 35.5. The van der Waals surface area contributed by atoms with Crippen LogP contribution in [0.3, 0.4) is 0 Å². The number of nitrogens with one attached hydrogen (secondary N) is 1. The van der Waals surface area contributed by atoms with Gasteiger partial charge in [0.1, 0.15) is 0 Å². The van der Waals surface area contributed by atoms with E-state index in [9.17, 15) is 13.2 Å².